The molecule has 1 N–H and O–H groups in total. The van der Waals surface area contributed by atoms with Crippen molar-refractivity contribution < 1.29 is 9.84 Å². The van der Waals surface area contributed by atoms with E-state index < -0.39 is 6.10 Å². The largest absolute Gasteiger partial charge is 0.380 e. The smallest absolute Gasteiger partial charge is 0.114 e. The van der Waals surface area contributed by atoms with Gasteiger partial charge in [0.1, 0.15) is 12.7 Å². The van der Waals surface area contributed by atoms with Crippen molar-refractivity contribution in [3.8, 4) is 11.8 Å². The van der Waals surface area contributed by atoms with Crippen LogP contribution in [-0.4, -0.2) is 24.9 Å². The fourth-order valence-electron chi connectivity index (χ4n) is 1.07. The Kier molecular flexibility index (Phi) is 9.18. The number of ether oxygens (including phenoxy) is 1. The highest BCUT2D eigenvalue weighted by molar-refractivity contribution is 5.04. The maximum atomic E-state index is 9.35. The van der Waals surface area contributed by atoms with Crippen LogP contribution < -0.4 is 0 Å². The van der Waals surface area contributed by atoms with Gasteiger partial charge in [0.05, 0.1) is 0 Å². The molecule has 2 nitrogen and oxygen atoms in total. The molecule has 2 heteroatoms. The van der Waals surface area contributed by atoms with Crippen LogP contribution in [0.4, 0.5) is 0 Å². The number of rotatable bonds is 6. The molecule has 1 atom stereocenters. The third-order valence-corrected chi connectivity index (χ3v) is 1.82. The molecule has 0 aliphatic rings. The van der Waals surface area contributed by atoms with Crippen LogP contribution in [0.1, 0.15) is 39.0 Å². The Morgan fingerprint density at radius 3 is 2.69 bits per heavy atom. The van der Waals surface area contributed by atoms with Gasteiger partial charge in [0.15, 0.2) is 0 Å². The lowest BCUT2D eigenvalue weighted by molar-refractivity contribution is 0.214. The number of aliphatic hydroxyl groups is 1. The molecule has 13 heavy (non-hydrogen) atoms. The van der Waals surface area contributed by atoms with Crippen molar-refractivity contribution in [3.05, 3.63) is 0 Å². The number of aliphatic hydroxyl groups excluding tert-OH is 1. The Hall–Kier alpha value is -0.520. The molecule has 0 aliphatic heterocycles. The highest BCUT2D eigenvalue weighted by Crippen LogP contribution is 2.04. The van der Waals surface area contributed by atoms with E-state index >= 15 is 0 Å². The Morgan fingerprint density at radius 2 is 2.08 bits per heavy atom. The average Bonchev–Trinajstić information content (AvgIpc) is 2.13. The molecule has 0 bridgehead atoms. The number of unbranched alkanes of at least 4 members (excludes halogenated alkanes) is 3. The molecule has 0 aromatic heterocycles. The maximum Gasteiger partial charge on any atom is 0.114 e. The van der Waals surface area contributed by atoms with Gasteiger partial charge < -0.3 is 9.84 Å². The zero-order valence-electron chi connectivity index (χ0n) is 8.68. The summed E-state index contributed by atoms with van der Waals surface area (Å²) in [7, 11) is 1.60. The van der Waals surface area contributed by atoms with Gasteiger partial charge in [-0.2, -0.15) is 0 Å². The highest BCUT2D eigenvalue weighted by atomic mass is 16.5. The van der Waals surface area contributed by atoms with Gasteiger partial charge in [-0.25, -0.2) is 0 Å². The Labute approximate surface area is 81.3 Å². The van der Waals surface area contributed by atoms with E-state index in [-0.39, 0.29) is 0 Å². The SMILES string of the molecule is CCCCCCC(O)C#CCOC. The summed E-state index contributed by atoms with van der Waals surface area (Å²) in [5.41, 5.74) is 0. The quantitative estimate of drug-likeness (QED) is 0.505. The van der Waals surface area contributed by atoms with Crippen LogP contribution in [0.5, 0.6) is 0 Å². The molecule has 1 unspecified atom stereocenters. The zero-order valence-corrected chi connectivity index (χ0v) is 8.68. The minimum Gasteiger partial charge on any atom is -0.380 e. The van der Waals surface area contributed by atoms with Crippen molar-refractivity contribution in [3.63, 3.8) is 0 Å². The summed E-state index contributed by atoms with van der Waals surface area (Å²) >= 11 is 0. The predicted octanol–water partition coefficient (Wildman–Crippen LogP) is 1.97. The topological polar surface area (TPSA) is 29.5 Å². The summed E-state index contributed by atoms with van der Waals surface area (Å²) in [4.78, 5) is 0. The molecule has 0 fully saturated rings. The zero-order chi connectivity index (χ0) is 9.94. The van der Waals surface area contributed by atoms with E-state index in [9.17, 15) is 5.11 Å². The highest BCUT2D eigenvalue weighted by Gasteiger charge is 1.97. The fraction of sp³-hybridized carbons (Fsp3) is 0.818. The summed E-state index contributed by atoms with van der Waals surface area (Å²) in [6.45, 7) is 2.58. The summed E-state index contributed by atoms with van der Waals surface area (Å²) in [6, 6.07) is 0. The third kappa shape index (κ3) is 9.39. The lowest BCUT2D eigenvalue weighted by Gasteiger charge is -2.01. The molecule has 0 rings (SSSR count). The molecule has 0 spiro atoms. The molecule has 76 valence electrons. The van der Waals surface area contributed by atoms with Crippen molar-refractivity contribution >= 4 is 0 Å². The molecule has 0 aromatic rings. The van der Waals surface area contributed by atoms with Crippen molar-refractivity contribution in [2.24, 2.45) is 0 Å². The third-order valence-electron chi connectivity index (χ3n) is 1.82. The standard InChI is InChI=1S/C11H20O2/c1-3-4-5-6-8-11(12)9-7-10-13-2/h11-12H,3-6,8,10H2,1-2H3. The van der Waals surface area contributed by atoms with E-state index in [2.05, 4.69) is 18.8 Å². The van der Waals surface area contributed by atoms with Crippen molar-refractivity contribution in [1.82, 2.24) is 0 Å². The number of hydrogen-bond donors (Lipinski definition) is 1. The van der Waals surface area contributed by atoms with Gasteiger partial charge >= 0.3 is 0 Å². The molecule has 0 radical (unpaired) electrons. The first-order valence-electron chi connectivity index (χ1n) is 4.96. The molecule has 0 amide bonds. The minimum atomic E-state index is -0.466. The van der Waals surface area contributed by atoms with Crippen molar-refractivity contribution in [2.45, 2.75) is 45.1 Å². The molecule has 0 aromatic carbocycles. The maximum absolute atomic E-state index is 9.35. The predicted molar refractivity (Wildman–Crippen MR) is 54.4 cm³/mol. The Morgan fingerprint density at radius 1 is 1.31 bits per heavy atom. The first-order valence-corrected chi connectivity index (χ1v) is 4.96. The first-order chi connectivity index (χ1) is 6.31. The molecule has 0 heterocycles. The molecular weight excluding hydrogens is 164 g/mol. The van der Waals surface area contributed by atoms with Gasteiger partial charge in [0.25, 0.3) is 0 Å². The average molecular weight is 184 g/mol. The van der Waals surface area contributed by atoms with Crippen LogP contribution in [-0.2, 0) is 4.74 Å². The van der Waals surface area contributed by atoms with Gasteiger partial charge in [0, 0.05) is 7.11 Å². The van der Waals surface area contributed by atoms with E-state index in [1.54, 1.807) is 7.11 Å². The Balaban J connectivity index is 3.30. The Bertz CT molecular complexity index is 155. The van der Waals surface area contributed by atoms with Crippen LogP contribution in [0.15, 0.2) is 0 Å². The summed E-state index contributed by atoms with van der Waals surface area (Å²) in [6.07, 6.45) is 5.06. The summed E-state index contributed by atoms with van der Waals surface area (Å²) in [5, 5.41) is 9.35. The first kappa shape index (κ1) is 12.5. The molecule has 0 saturated heterocycles. The van der Waals surface area contributed by atoms with Gasteiger partial charge in [-0.05, 0) is 12.8 Å². The second-order valence-electron chi connectivity index (χ2n) is 3.12. The second kappa shape index (κ2) is 9.57. The van der Waals surface area contributed by atoms with Crippen LogP contribution >= 0.6 is 0 Å². The minimum absolute atomic E-state index is 0.409. The van der Waals surface area contributed by atoms with Crippen molar-refractivity contribution in [1.29, 1.82) is 0 Å². The normalized spacial score (nSPS) is 11.9. The van der Waals surface area contributed by atoms with E-state index in [0.29, 0.717) is 6.61 Å². The fourth-order valence-corrected chi connectivity index (χ4v) is 1.07. The molecule has 0 saturated carbocycles. The number of hydrogen-bond acceptors (Lipinski definition) is 2. The van der Waals surface area contributed by atoms with Gasteiger partial charge in [0.2, 0.25) is 0 Å². The van der Waals surface area contributed by atoms with Crippen LogP contribution in [0.3, 0.4) is 0 Å². The molecule has 0 aliphatic carbocycles. The van der Waals surface area contributed by atoms with Crippen molar-refractivity contribution in [2.75, 3.05) is 13.7 Å². The monoisotopic (exact) mass is 184 g/mol. The van der Waals surface area contributed by atoms with Gasteiger partial charge in [-0.1, -0.05) is 38.0 Å². The summed E-state index contributed by atoms with van der Waals surface area (Å²) in [5.74, 6) is 5.49. The number of methoxy groups -OCH3 is 1. The van der Waals surface area contributed by atoms with E-state index in [1.165, 1.54) is 19.3 Å². The van der Waals surface area contributed by atoms with E-state index in [1.807, 2.05) is 0 Å². The lowest BCUT2D eigenvalue weighted by atomic mass is 10.1. The van der Waals surface area contributed by atoms with E-state index in [4.69, 9.17) is 4.74 Å². The van der Waals surface area contributed by atoms with Crippen LogP contribution in [0, 0.1) is 11.8 Å². The van der Waals surface area contributed by atoms with Gasteiger partial charge in [-0.15, -0.1) is 0 Å². The van der Waals surface area contributed by atoms with Gasteiger partial charge in [-0.3, -0.25) is 0 Å². The molecular formula is C11H20O2. The van der Waals surface area contributed by atoms with E-state index in [0.717, 1.165) is 12.8 Å². The lowest BCUT2D eigenvalue weighted by Crippen LogP contribution is -2.02. The summed E-state index contributed by atoms with van der Waals surface area (Å²) < 4.78 is 4.75. The second-order valence-corrected chi connectivity index (χ2v) is 3.12. The van der Waals surface area contributed by atoms with Crippen LogP contribution in [0.25, 0.3) is 0 Å². The van der Waals surface area contributed by atoms with Crippen LogP contribution in [0.2, 0.25) is 0 Å².